The van der Waals surface area contributed by atoms with E-state index in [9.17, 15) is 18.8 Å². The van der Waals surface area contributed by atoms with Crippen LogP contribution in [-0.4, -0.2) is 27.9 Å². The summed E-state index contributed by atoms with van der Waals surface area (Å²) in [6, 6.07) is 9.97. The van der Waals surface area contributed by atoms with Crippen molar-refractivity contribution in [3.8, 4) is 0 Å². The van der Waals surface area contributed by atoms with Crippen molar-refractivity contribution in [2.24, 2.45) is 0 Å². The Labute approximate surface area is 162 Å². The molecule has 1 unspecified atom stereocenters. The Morgan fingerprint density at radius 1 is 1.07 bits per heavy atom. The molecule has 0 aliphatic heterocycles. The highest BCUT2D eigenvalue weighted by atomic mass is 32.1. The quantitative estimate of drug-likeness (QED) is 0.550. The Hall–Kier alpha value is -3.59. The van der Waals surface area contributed by atoms with E-state index in [1.54, 1.807) is 23.6 Å². The van der Waals surface area contributed by atoms with Gasteiger partial charge in [0.15, 0.2) is 0 Å². The van der Waals surface area contributed by atoms with E-state index in [-0.39, 0.29) is 22.7 Å². The second kappa shape index (κ2) is 8.40. The average molecular weight is 399 g/mol. The van der Waals surface area contributed by atoms with Crippen molar-refractivity contribution in [1.29, 1.82) is 0 Å². The molecular formula is C19H14FN3O4S. The van der Waals surface area contributed by atoms with Gasteiger partial charge < -0.3 is 15.7 Å². The van der Waals surface area contributed by atoms with Gasteiger partial charge in [0.05, 0.1) is 10.4 Å². The summed E-state index contributed by atoms with van der Waals surface area (Å²) in [5.74, 6) is -1.59. The molecule has 0 saturated heterocycles. The molecule has 2 aromatic heterocycles. The van der Waals surface area contributed by atoms with Gasteiger partial charge in [-0.15, -0.1) is 11.3 Å². The molecule has 0 aliphatic carbocycles. The van der Waals surface area contributed by atoms with E-state index < -0.39 is 23.9 Å². The van der Waals surface area contributed by atoms with Gasteiger partial charge in [0, 0.05) is 6.20 Å². The molecule has 2 amide bonds. The van der Waals surface area contributed by atoms with Gasteiger partial charge >= 0.3 is 6.09 Å². The van der Waals surface area contributed by atoms with Crippen LogP contribution in [0.25, 0.3) is 0 Å². The molecule has 7 nitrogen and oxygen atoms in total. The molecule has 0 bridgehead atoms. The highest BCUT2D eigenvalue weighted by Gasteiger charge is 2.25. The summed E-state index contributed by atoms with van der Waals surface area (Å²) >= 11 is 1.25. The number of nitrogens with one attached hydrogen (secondary N) is 2. The lowest BCUT2D eigenvalue weighted by molar-refractivity contribution is -0.118. The maximum absolute atomic E-state index is 13.2. The topological polar surface area (TPSA) is 108 Å². The highest BCUT2D eigenvalue weighted by Crippen LogP contribution is 2.22. The Morgan fingerprint density at radius 2 is 1.82 bits per heavy atom. The molecule has 142 valence electrons. The number of carbonyl (C=O) groups excluding carboxylic acids is 2. The molecule has 1 aromatic carbocycles. The number of nitrogens with zero attached hydrogens (tertiary/aromatic N) is 1. The number of carboxylic acid groups (broad SMARTS) is 1. The third kappa shape index (κ3) is 4.38. The molecule has 28 heavy (non-hydrogen) atoms. The van der Waals surface area contributed by atoms with Gasteiger partial charge in [-0.1, -0.05) is 18.2 Å². The van der Waals surface area contributed by atoms with Crippen molar-refractivity contribution in [2.75, 3.05) is 5.32 Å². The third-order valence-corrected chi connectivity index (χ3v) is 4.64. The number of pyridine rings is 1. The van der Waals surface area contributed by atoms with Crippen LogP contribution in [0, 0.1) is 5.82 Å². The Kier molecular flexibility index (Phi) is 5.75. The predicted octanol–water partition coefficient (Wildman–Crippen LogP) is 3.46. The van der Waals surface area contributed by atoms with E-state index in [0.29, 0.717) is 4.88 Å². The average Bonchev–Trinajstić information content (AvgIpc) is 3.21. The SMILES string of the molecule is O=C(O)NC(C(=O)Nc1ncccc1C(=O)c1cccs1)c1ccc(F)cc1. The van der Waals surface area contributed by atoms with E-state index in [2.05, 4.69) is 15.6 Å². The highest BCUT2D eigenvalue weighted by molar-refractivity contribution is 7.12. The fraction of sp³-hybridized carbons (Fsp3) is 0.0526. The monoisotopic (exact) mass is 399 g/mol. The zero-order chi connectivity index (χ0) is 20.1. The standard InChI is InChI=1S/C19H14FN3O4S/c20-12-7-5-11(6-8-12)15(22-19(26)27)18(25)23-17-13(3-1-9-21-17)16(24)14-4-2-10-28-14/h1-10,15,22H,(H,26,27)(H,21,23,25). The number of thiophene rings is 1. The molecule has 3 rings (SSSR count). The summed E-state index contributed by atoms with van der Waals surface area (Å²) < 4.78 is 13.2. The van der Waals surface area contributed by atoms with Gasteiger partial charge in [-0.05, 0) is 41.3 Å². The second-order valence-electron chi connectivity index (χ2n) is 5.63. The maximum Gasteiger partial charge on any atom is 0.405 e. The van der Waals surface area contributed by atoms with Gasteiger partial charge in [0.1, 0.15) is 17.7 Å². The smallest absolute Gasteiger partial charge is 0.405 e. The first-order chi connectivity index (χ1) is 13.5. The van der Waals surface area contributed by atoms with E-state index in [0.717, 1.165) is 12.1 Å². The van der Waals surface area contributed by atoms with Crippen LogP contribution in [0.1, 0.15) is 26.8 Å². The molecule has 9 heteroatoms. The van der Waals surface area contributed by atoms with E-state index in [1.165, 1.54) is 35.7 Å². The number of rotatable bonds is 6. The fourth-order valence-corrected chi connectivity index (χ4v) is 3.17. The zero-order valence-corrected chi connectivity index (χ0v) is 15.1. The van der Waals surface area contributed by atoms with Crippen molar-refractivity contribution >= 4 is 34.9 Å². The van der Waals surface area contributed by atoms with Crippen LogP contribution >= 0.6 is 11.3 Å². The summed E-state index contributed by atoms with van der Waals surface area (Å²) in [7, 11) is 0. The fourth-order valence-electron chi connectivity index (χ4n) is 2.50. The molecular weight excluding hydrogens is 385 g/mol. The number of halogens is 1. The zero-order valence-electron chi connectivity index (χ0n) is 14.3. The number of benzene rings is 1. The largest absolute Gasteiger partial charge is 0.465 e. The number of anilines is 1. The minimum atomic E-state index is -1.43. The first-order valence-corrected chi connectivity index (χ1v) is 8.92. The lowest BCUT2D eigenvalue weighted by atomic mass is 10.1. The number of ketones is 1. The van der Waals surface area contributed by atoms with Crippen LogP contribution < -0.4 is 10.6 Å². The molecule has 0 radical (unpaired) electrons. The first-order valence-electron chi connectivity index (χ1n) is 8.04. The van der Waals surface area contributed by atoms with Crippen LogP contribution in [0.5, 0.6) is 0 Å². The van der Waals surface area contributed by atoms with Crippen LogP contribution in [0.15, 0.2) is 60.1 Å². The Balaban J connectivity index is 1.89. The van der Waals surface area contributed by atoms with Crippen molar-refractivity contribution < 1.29 is 23.9 Å². The Morgan fingerprint density at radius 3 is 2.46 bits per heavy atom. The van der Waals surface area contributed by atoms with Crippen LogP contribution in [-0.2, 0) is 4.79 Å². The number of amides is 2. The summed E-state index contributed by atoms with van der Waals surface area (Å²) in [5, 5.41) is 15.4. The normalized spacial score (nSPS) is 11.5. The summed E-state index contributed by atoms with van der Waals surface area (Å²) in [6.07, 6.45) is -0.0291. The van der Waals surface area contributed by atoms with Crippen molar-refractivity contribution in [2.45, 2.75) is 6.04 Å². The molecule has 3 N–H and O–H groups in total. The Bertz CT molecular complexity index is 1010. The molecule has 2 heterocycles. The van der Waals surface area contributed by atoms with Crippen molar-refractivity contribution in [3.05, 3.63) is 81.9 Å². The van der Waals surface area contributed by atoms with Crippen molar-refractivity contribution in [3.63, 3.8) is 0 Å². The maximum atomic E-state index is 13.2. The molecule has 0 saturated carbocycles. The minimum absolute atomic E-state index is 0.00482. The van der Waals surface area contributed by atoms with Crippen LogP contribution in [0.3, 0.4) is 0 Å². The lowest BCUT2D eigenvalue weighted by Crippen LogP contribution is -2.36. The van der Waals surface area contributed by atoms with Gasteiger partial charge in [0.25, 0.3) is 5.91 Å². The number of carbonyl (C=O) groups is 3. The third-order valence-electron chi connectivity index (χ3n) is 3.77. The van der Waals surface area contributed by atoms with Gasteiger partial charge in [-0.25, -0.2) is 14.2 Å². The van der Waals surface area contributed by atoms with Gasteiger partial charge in [-0.3, -0.25) is 9.59 Å². The molecule has 0 aliphatic rings. The van der Waals surface area contributed by atoms with Gasteiger partial charge in [-0.2, -0.15) is 0 Å². The number of hydrogen-bond acceptors (Lipinski definition) is 5. The van der Waals surface area contributed by atoms with Crippen LogP contribution in [0.2, 0.25) is 0 Å². The van der Waals surface area contributed by atoms with E-state index in [4.69, 9.17) is 5.11 Å². The molecule has 0 spiro atoms. The summed E-state index contributed by atoms with van der Waals surface area (Å²) in [5.41, 5.74) is 0.412. The lowest BCUT2D eigenvalue weighted by Gasteiger charge is -2.17. The number of hydrogen-bond donors (Lipinski definition) is 3. The van der Waals surface area contributed by atoms with E-state index in [1.807, 2.05) is 0 Å². The predicted molar refractivity (Wildman–Crippen MR) is 101 cm³/mol. The van der Waals surface area contributed by atoms with Gasteiger partial charge in [0.2, 0.25) is 5.78 Å². The minimum Gasteiger partial charge on any atom is -0.465 e. The summed E-state index contributed by atoms with van der Waals surface area (Å²) in [6.45, 7) is 0. The second-order valence-corrected chi connectivity index (χ2v) is 6.58. The van der Waals surface area contributed by atoms with Crippen molar-refractivity contribution in [1.82, 2.24) is 10.3 Å². The first kappa shape index (κ1) is 19.2. The summed E-state index contributed by atoms with van der Waals surface area (Å²) in [4.78, 5) is 41.0. The van der Waals surface area contributed by atoms with E-state index >= 15 is 0 Å². The molecule has 0 fully saturated rings. The molecule has 3 aromatic rings. The number of aromatic nitrogens is 1. The molecule has 1 atom stereocenters. The van der Waals surface area contributed by atoms with Crippen LogP contribution in [0.4, 0.5) is 15.0 Å².